The Bertz CT molecular complexity index is 1200. The Labute approximate surface area is 213 Å². The molecule has 0 amide bonds. The summed E-state index contributed by atoms with van der Waals surface area (Å²) >= 11 is 0. The standard InChI is InChI=1S/C28H36N6O2/c1-27(2)12-10-24-19(15-27)14-21(18-30-24)31-25-11-13-29-26(33-25)32-20-6-8-22(9-7-20)36-23-16-28(17-23,35-5)34(3)4/h6-9,11,13-14,18,23H,10,12,15-17H2,1-5H3,(H2,29,31,32,33). The van der Waals surface area contributed by atoms with Gasteiger partial charge in [-0.2, -0.15) is 4.98 Å². The number of benzene rings is 1. The van der Waals surface area contributed by atoms with Gasteiger partial charge in [-0.25, -0.2) is 4.98 Å². The zero-order valence-corrected chi connectivity index (χ0v) is 21.8. The first-order valence-corrected chi connectivity index (χ1v) is 12.6. The number of methoxy groups -OCH3 is 1. The Balaban J connectivity index is 1.19. The lowest BCUT2D eigenvalue weighted by Gasteiger charge is -2.50. The summed E-state index contributed by atoms with van der Waals surface area (Å²) in [5.41, 5.74) is 4.48. The van der Waals surface area contributed by atoms with Gasteiger partial charge in [-0.1, -0.05) is 13.8 Å². The molecule has 2 heterocycles. The zero-order valence-electron chi connectivity index (χ0n) is 21.8. The van der Waals surface area contributed by atoms with Crippen molar-refractivity contribution in [3.05, 3.63) is 60.0 Å². The van der Waals surface area contributed by atoms with E-state index in [0.717, 1.165) is 48.6 Å². The molecule has 1 aromatic carbocycles. The first kappa shape index (κ1) is 24.5. The van der Waals surface area contributed by atoms with Crippen molar-refractivity contribution < 1.29 is 9.47 Å². The molecule has 0 atom stereocenters. The van der Waals surface area contributed by atoms with E-state index in [-0.39, 0.29) is 11.8 Å². The number of fused-ring (bicyclic) bond motifs is 1. The van der Waals surface area contributed by atoms with E-state index in [1.165, 1.54) is 17.7 Å². The van der Waals surface area contributed by atoms with Crippen LogP contribution in [-0.2, 0) is 17.6 Å². The predicted octanol–water partition coefficient (Wildman–Crippen LogP) is 5.32. The smallest absolute Gasteiger partial charge is 0.229 e. The van der Waals surface area contributed by atoms with Gasteiger partial charge in [0.15, 0.2) is 0 Å². The summed E-state index contributed by atoms with van der Waals surface area (Å²) in [5, 5.41) is 6.66. The molecule has 2 aliphatic rings. The van der Waals surface area contributed by atoms with Gasteiger partial charge >= 0.3 is 0 Å². The molecule has 0 spiro atoms. The number of pyridine rings is 1. The van der Waals surface area contributed by atoms with Gasteiger partial charge in [0.25, 0.3) is 0 Å². The van der Waals surface area contributed by atoms with E-state index in [0.29, 0.717) is 11.4 Å². The van der Waals surface area contributed by atoms with Crippen LogP contribution in [0.3, 0.4) is 0 Å². The molecule has 8 heteroatoms. The molecule has 190 valence electrons. The van der Waals surface area contributed by atoms with Crippen LogP contribution in [0.25, 0.3) is 0 Å². The number of nitrogens with zero attached hydrogens (tertiary/aromatic N) is 4. The van der Waals surface area contributed by atoms with Crippen LogP contribution in [-0.4, -0.2) is 52.9 Å². The van der Waals surface area contributed by atoms with Crippen LogP contribution < -0.4 is 15.4 Å². The Morgan fingerprint density at radius 3 is 2.50 bits per heavy atom. The molecule has 2 aromatic heterocycles. The van der Waals surface area contributed by atoms with E-state index in [4.69, 9.17) is 9.47 Å². The van der Waals surface area contributed by atoms with Gasteiger partial charge < -0.3 is 20.1 Å². The molecule has 0 aliphatic heterocycles. The lowest BCUT2D eigenvalue weighted by molar-refractivity contribution is -0.204. The molecule has 0 radical (unpaired) electrons. The Morgan fingerprint density at radius 2 is 1.78 bits per heavy atom. The molecule has 36 heavy (non-hydrogen) atoms. The maximum absolute atomic E-state index is 6.12. The monoisotopic (exact) mass is 488 g/mol. The van der Waals surface area contributed by atoms with Crippen LogP contribution >= 0.6 is 0 Å². The van der Waals surface area contributed by atoms with Crippen molar-refractivity contribution in [1.82, 2.24) is 19.9 Å². The number of anilines is 4. The highest BCUT2D eigenvalue weighted by atomic mass is 16.5. The molecule has 2 N–H and O–H groups in total. The number of ether oxygens (including phenoxy) is 2. The summed E-state index contributed by atoms with van der Waals surface area (Å²) in [6, 6.07) is 11.9. The average molecular weight is 489 g/mol. The van der Waals surface area contributed by atoms with Crippen molar-refractivity contribution in [2.24, 2.45) is 5.41 Å². The molecule has 2 aliphatic carbocycles. The van der Waals surface area contributed by atoms with Gasteiger partial charge in [0, 0.05) is 37.5 Å². The van der Waals surface area contributed by atoms with Gasteiger partial charge in [0.05, 0.1) is 11.9 Å². The quantitative estimate of drug-likeness (QED) is 0.412. The van der Waals surface area contributed by atoms with Crippen LogP contribution in [0.1, 0.15) is 44.4 Å². The predicted molar refractivity (Wildman–Crippen MR) is 142 cm³/mol. The lowest BCUT2D eigenvalue weighted by Crippen LogP contribution is -2.59. The number of nitrogens with one attached hydrogen (secondary N) is 2. The van der Waals surface area contributed by atoms with E-state index in [1.807, 2.05) is 50.6 Å². The molecule has 8 nitrogen and oxygen atoms in total. The lowest BCUT2D eigenvalue weighted by atomic mass is 9.76. The molecule has 0 bridgehead atoms. The van der Waals surface area contributed by atoms with Crippen molar-refractivity contribution in [3.63, 3.8) is 0 Å². The second kappa shape index (κ2) is 9.67. The van der Waals surface area contributed by atoms with Crippen LogP contribution in [0.4, 0.5) is 23.1 Å². The molecule has 5 rings (SSSR count). The molecule has 1 saturated carbocycles. The van der Waals surface area contributed by atoms with Crippen LogP contribution in [0.2, 0.25) is 0 Å². The van der Waals surface area contributed by atoms with Crippen molar-refractivity contribution in [2.75, 3.05) is 31.8 Å². The average Bonchev–Trinajstić information content (AvgIpc) is 2.81. The highest BCUT2D eigenvalue weighted by molar-refractivity contribution is 5.60. The summed E-state index contributed by atoms with van der Waals surface area (Å²) < 4.78 is 11.8. The third-order valence-corrected chi connectivity index (χ3v) is 7.40. The summed E-state index contributed by atoms with van der Waals surface area (Å²) in [6.07, 6.45) is 8.75. The van der Waals surface area contributed by atoms with E-state index in [9.17, 15) is 0 Å². The number of hydrogen-bond donors (Lipinski definition) is 2. The van der Waals surface area contributed by atoms with E-state index >= 15 is 0 Å². The first-order valence-electron chi connectivity index (χ1n) is 12.6. The fourth-order valence-electron chi connectivity index (χ4n) is 5.07. The summed E-state index contributed by atoms with van der Waals surface area (Å²) in [7, 11) is 5.84. The fraction of sp³-hybridized carbons (Fsp3) is 0.464. The summed E-state index contributed by atoms with van der Waals surface area (Å²) in [4.78, 5) is 15.8. The normalized spacial score (nSPS) is 22.4. The molecule has 3 aromatic rings. The Hall–Kier alpha value is -3.23. The number of aromatic nitrogens is 3. The number of hydrogen-bond acceptors (Lipinski definition) is 8. The topological polar surface area (TPSA) is 84.4 Å². The highest BCUT2D eigenvalue weighted by Gasteiger charge is 2.48. The number of aryl methyl sites for hydroxylation is 1. The maximum Gasteiger partial charge on any atom is 0.229 e. The van der Waals surface area contributed by atoms with E-state index in [1.54, 1.807) is 13.3 Å². The second-order valence-electron chi connectivity index (χ2n) is 10.9. The number of rotatable bonds is 8. The third kappa shape index (κ3) is 5.29. The molecule has 1 fully saturated rings. The van der Waals surface area contributed by atoms with Crippen LogP contribution in [0, 0.1) is 5.41 Å². The van der Waals surface area contributed by atoms with Gasteiger partial charge in [-0.3, -0.25) is 9.88 Å². The molecular weight excluding hydrogens is 452 g/mol. The van der Waals surface area contributed by atoms with Gasteiger partial charge in [-0.15, -0.1) is 0 Å². The molecule has 0 saturated heterocycles. The zero-order chi connectivity index (χ0) is 25.3. The third-order valence-electron chi connectivity index (χ3n) is 7.40. The van der Waals surface area contributed by atoms with Crippen LogP contribution in [0.15, 0.2) is 48.8 Å². The minimum absolute atomic E-state index is 0.154. The largest absolute Gasteiger partial charge is 0.490 e. The van der Waals surface area contributed by atoms with Gasteiger partial charge in [-0.05, 0) is 80.7 Å². The Kier molecular flexibility index (Phi) is 6.57. The van der Waals surface area contributed by atoms with Crippen LogP contribution in [0.5, 0.6) is 5.75 Å². The maximum atomic E-state index is 6.12. The molecule has 0 unspecified atom stereocenters. The summed E-state index contributed by atoms with van der Waals surface area (Å²) in [5.74, 6) is 2.08. The molecular formula is C28H36N6O2. The van der Waals surface area contributed by atoms with Crippen molar-refractivity contribution >= 4 is 23.1 Å². The second-order valence-corrected chi connectivity index (χ2v) is 10.9. The minimum Gasteiger partial charge on any atom is -0.490 e. The van der Waals surface area contributed by atoms with E-state index < -0.39 is 0 Å². The minimum atomic E-state index is -0.214. The highest BCUT2D eigenvalue weighted by Crippen LogP contribution is 2.39. The van der Waals surface area contributed by atoms with Crippen molar-refractivity contribution in [2.45, 2.75) is 57.8 Å². The van der Waals surface area contributed by atoms with Crippen molar-refractivity contribution in [3.8, 4) is 5.75 Å². The Morgan fingerprint density at radius 1 is 1.00 bits per heavy atom. The fourth-order valence-corrected chi connectivity index (χ4v) is 5.07. The first-order chi connectivity index (χ1) is 17.2. The van der Waals surface area contributed by atoms with E-state index in [2.05, 4.69) is 50.4 Å². The SMILES string of the molecule is COC1(N(C)C)CC(Oc2ccc(Nc3nccc(Nc4cnc5c(c4)CC(C)(C)CC5)n3)cc2)C1. The summed E-state index contributed by atoms with van der Waals surface area (Å²) in [6.45, 7) is 4.64. The van der Waals surface area contributed by atoms with Gasteiger partial charge in [0.2, 0.25) is 5.95 Å². The van der Waals surface area contributed by atoms with Crippen molar-refractivity contribution in [1.29, 1.82) is 0 Å². The van der Waals surface area contributed by atoms with Gasteiger partial charge in [0.1, 0.15) is 23.4 Å².